The molecular weight excluding hydrogens is 1000 g/mol. The van der Waals surface area contributed by atoms with Crippen molar-refractivity contribution in [3.05, 3.63) is 216 Å². The monoisotopic (exact) mass is 1080 g/mol. The molecule has 3 heterocycles. The minimum absolute atomic E-state index is 0. The Bertz CT molecular complexity index is 4310. The Balaban J connectivity index is 0.000000268. The normalized spacial score (nSPS) is 16.3. The van der Waals surface area contributed by atoms with E-state index in [1.54, 1.807) is 51.1 Å². The van der Waals surface area contributed by atoms with Crippen LogP contribution in [0, 0.1) is 51.8 Å². The molecule has 337 valence electrons. The molecule has 68 heavy (non-hydrogen) atoms. The third-order valence-corrected chi connectivity index (χ3v) is 11.7. The van der Waals surface area contributed by atoms with Crippen molar-refractivity contribution in [2.24, 2.45) is 5.41 Å². The zero-order valence-corrected chi connectivity index (χ0v) is 39.7. The van der Waals surface area contributed by atoms with Crippen LogP contribution in [0.15, 0.2) is 175 Å². The minimum Gasteiger partial charge on any atom is -0.500 e. The fraction of sp³-hybridized carbons (Fsp3) is 0.156. The van der Waals surface area contributed by atoms with E-state index in [4.69, 9.17) is 27.7 Å². The van der Waals surface area contributed by atoms with Gasteiger partial charge in [-0.3, -0.25) is 0 Å². The number of furan rings is 1. The maximum atomic E-state index is 8.77. The van der Waals surface area contributed by atoms with Gasteiger partial charge in [-0.25, -0.2) is 0 Å². The van der Waals surface area contributed by atoms with Gasteiger partial charge in [0, 0.05) is 66.6 Å². The van der Waals surface area contributed by atoms with E-state index in [0.29, 0.717) is 39.2 Å². The molecule has 0 spiro atoms. The van der Waals surface area contributed by atoms with Gasteiger partial charge in [0.2, 0.25) is 0 Å². The van der Waals surface area contributed by atoms with Crippen LogP contribution >= 0.6 is 0 Å². The van der Waals surface area contributed by atoms with Crippen LogP contribution in [0.3, 0.4) is 0 Å². The van der Waals surface area contributed by atoms with Crippen molar-refractivity contribution >= 4 is 43.5 Å². The quantitative estimate of drug-likeness (QED) is 0.123. The number of aromatic nitrogens is 2. The Kier molecular flexibility index (Phi) is 8.29. The SMILES string of the molecule is [2H]C([2H])([2H])c1cc(C([2H])([2H])C(C)(C)C)ccc1-c1ccc(-c2cc(-c3[c-]ccc4c3oc3c4ccc4ccc5ccccc5c43)ncc2C([2H])([2H])[2H])c(C([2H])([2H])[2H])c1.[2H]C([2H])([2H])c1ccc(-c2[c-]cc(C([2H])([2H])[2H])c(-c3ccccc3)c2)nc1.[Ir]. The van der Waals surface area contributed by atoms with Crippen molar-refractivity contribution in [1.82, 2.24) is 9.97 Å². The zero-order chi connectivity index (χ0) is 60.7. The summed E-state index contributed by atoms with van der Waals surface area (Å²) in [6, 6.07) is 52.0. The summed E-state index contributed by atoms with van der Waals surface area (Å²) in [5.74, 6) is 0. The number of nitrogens with zero attached hydrogens (tertiary/aromatic N) is 2. The minimum atomic E-state index is -2.76. The maximum absolute atomic E-state index is 8.77. The molecule has 11 aromatic rings. The van der Waals surface area contributed by atoms with Gasteiger partial charge in [-0.2, -0.15) is 0 Å². The molecule has 4 heteroatoms. The van der Waals surface area contributed by atoms with Crippen LogP contribution in [-0.4, -0.2) is 9.97 Å². The van der Waals surface area contributed by atoms with E-state index in [9.17, 15) is 0 Å². The standard InChI is InChI=1S/C45H38NO.C19H16N.Ir/c1-27-22-30(25-45(4,5)6)14-19-34(27)33-18-20-35(28(2)23-33)40-24-41(46-26-29(40)3)39-13-9-12-37-38-21-17-32-16-15-31-10-7-8-11-36(31)42(32)44(38)47-43(37)39;1-14-8-11-19(20-13-14)17-10-9-15(2)18(12-17)16-6-4-3-5-7-16;/h7-12,14-24,26H,25H2,1-6H3;3-9,11-13H,1-2H3;/q2*-1;/i1D3,2D3,3D3,25D2;1D3,2D3;. The van der Waals surface area contributed by atoms with Crippen molar-refractivity contribution < 1.29 is 47.8 Å². The third-order valence-electron chi connectivity index (χ3n) is 11.7. The molecule has 0 atom stereocenters. The van der Waals surface area contributed by atoms with Crippen molar-refractivity contribution in [3.8, 4) is 55.9 Å². The predicted octanol–water partition coefficient (Wildman–Crippen LogP) is 17.4. The summed E-state index contributed by atoms with van der Waals surface area (Å²) < 4.78 is 146. The Morgan fingerprint density at radius 3 is 2.09 bits per heavy atom. The van der Waals surface area contributed by atoms with Gasteiger partial charge in [0.05, 0.1) is 5.58 Å². The Hall–Kier alpha value is -6.97. The van der Waals surface area contributed by atoms with Gasteiger partial charge in [-0.15, -0.1) is 47.5 Å². The number of fused-ring (bicyclic) bond motifs is 7. The molecule has 0 bridgehead atoms. The van der Waals surface area contributed by atoms with Crippen LogP contribution in [0.1, 0.15) is 77.5 Å². The molecule has 11 rings (SSSR count). The molecule has 0 aliphatic carbocycles. The molecule has 0 fully saturated rings. The summed E-state index contributed by atoms with van der Waals surface area (Å²) in [6.07, 6.45) is 0.675. The number of hydrogen-bond acceptors (Lipinski definition) is 3. The molecule has 0 aliphatic rings. The first kappa shape index (κ1) is 29.7. The molecule has 3 aromatic heterocycles. The third kappa shape index (κ3) is 9.20. The molecule has 0 N–H and O–H groups in total. The molecule has 0 aliphatic heterocycles. The van der Waals surface area contributed by atoms with E-state index in [2.05, 4.69) is 46.4 Å². The largest absolute Gasteiger partial charge is 0.500 e. The van der Waals surface area contributed by atoms with Crippen LogP contribution in [0.4, 0.5) is 0 Å². The van der Waals surface area contributed by atoms with Gasteiger partial charge < -0.3 is 14.4 Å². The number of rotatable bonds is 6. The predicted molar refractivity (Wildman–Crippen MR) is 282 cm³/mol. The summed E-state index contributed by atoms with van der Waals surface area (Å²) in [5, 5.41) is 5.74. The Labute approximate surface area is 438 Å². The van der Waals surface area contributed by atoms with E-state index in [-0.39, 0.29) is 75.7 Å². The van der Waals surface area contributed by atoms with Crippen LogP contribution in [0.5, 0.6) is 0 Å². The van der Waals surface area contributed by atoms with Gasteiger partial charge in [0.25, 0.3) is 0 Å². The molecule has 3 nitrogen and oxygen atoms in total. The topological polar surface area (TPSA) is 38.9 Å². The summed E-state index contributed by atoms with van der Waals surface area (Å²) >= 11 is 0. The van der Waals surface area contributed by atoms with Gasteiger partial charge in [-0.05, 0) is 122 Å². The number of hydrogen-bond donors (Lipinski definition) is 0. The Morgan fingerprint density at radius 2 is 1.29 bits per heavy atom. The second-order valence-electron chi connectivity index (χ2n) is 17.5. The summed E-state index contributed by atoms with van der Waals surface area (Å²) in [4.78, 5) is 8.80. The maximum Gasteiger partial charge on any atom is 0.129 e. The molecular formula is C64H54IrN2O-2. The first-order chi connectivity index (χ1) is 39.2. The van der Waals surface area contributed by atoms with Gasteiger partial charge in [0.15, 0.2) is 0 Å². The smallest absolute Gasteiger partial charge is 0.129 e. The van der Waals surface area contributed by atoms with Crippen LogP contribution in [-0.2, 0) is 26.5 Å². The van der Waals surface area contributed by atoms with Crippen LogP contribution in [0.25, 0.3) is 99.4 Å². The summed E-state index contributed by atoms with van der Waals surface area (Å²) in [5.41, 5.74) is 4.39. The first-order valence-electron chi connectivity index (χ1n) is 30.3. The zero-order valence-electron chi connectivity index (χ0n) is 54.3. The van der Waals surface area contributed by atoms with Crippen molar-refractivity contribution in [3.63, 3.8) is 0 Å². The van der Waals surface area contributed by atoms with E-state index >= 15 is 0 Å². The molecule has 0 amide bonds. The fourth-order valence-electron chi connectivity index (χ4n) is 8.59. The van der Waals surface area contributed by atoms with Gasteiger partial charge in [0.1, 0.15) is 5.58 Å². The number of aryl methyl sites for hydroxylation is 5. The average Bonchev–Trinajstić information content (AvgIpc) is 3.97. The van der Waals surface area contributed by atoms with Crippen molar-refractivity contribution in [2.45, 2.75) is 61.4 Å². The summed E-state index contributed by atoms with van der Waals surface area (Å²) in [6.45, 7) is -7.40. The van der Waals surface area contributed by atoms with E-state index in [1.807, 2.05) is 60.7 Å². The Morgan fingerprint density at radius 1 is 0.544 bits per heavy atom. The van der Waals surface area contributed by atoms with E-state index in [1.165, 1.54) is 54.9 Å². The fourth-order valence-corrected chi connectivity index (χ4v) is 8.59. The van der Waals surface area contributed by atoms with Crippen molar-refractivity contribution in [2.75, 3.05) is 0 Å². The molecule has 0 saturated carbocycles. The molecule has 0 saturated heterocycles. The first-order valence-corrected chi connectivity index (χ1v) is 21.8. The van der Waals surface area contributed by atoms with Gasteiger partial charge >= 0.3 is 0 Å². The number of pyridine rings is 2. The van der Waals surface area contributed by atoms with Gasteiger partial charge in [-0.1, -0.05) is 178 Å². The molecule has 0 unspecified atom stereocenters. The summed E-state index contributed by atoms with van der Waals surface area (Å²) in [7, 11) is 0. The molecule has 8 aromatic carbocycles. The number of benzene rings is 8. The van der Waals surface area contributed by atoms with Crippen LogP contribution < -0.4 is 0 Å². The van der Waals surface area contributed by atoms with E-state index < -0.39 is 46.0 Å². The molecule has 1 radical (unpaired) electrons. The van der Waals surface area contributed by atoms with Crippen LogP contribution in [0.2, 0.25) is 0 Å². The average molecular weight is 1080 g/mol. The van der Waals surface area contributed by atoms with E-state index in [0.717, 1.165) is 37.9 Å². The second-order valence-corrected chi connectivity index (χ2v) is 17.5. The second kappa shape index (κ2) is 19.0. The van der Waals surface area contributed by atoms with Crippen molar-refractivity contribution in [1.29, 1.82) is 0 Å².